The molecule has 126 valence electrons. The molecule has 6 heteroatoms. The lowest BCUT2D eigenvalue weighted by Gasteiger charge is -2.15. The average molecular weight is 335 g/mol. The van der Waals surface area contributed by atoms with Crippen molar-refractivity contribution >= 4 is 11.6 Å². The Kier molecular flexibility index (Phi) is 4.08. The Morgan fingerprint density at radius 1 is 1.08 bits per heavy atom. The number of ether oxygens (including phenoxy) is 2. The van der Waals surface area contributed by atoms with Gasteiger partial charge in [-0.2, -0.15) is 5.10 Å². The van der Waals surface area contributed by atoms with Gasteiger partial charge in [0.2, 0.25) is 5.88 Å². The Bertz CT molecular complexity index is 873. The van der Waals surface area contributed by atoms with Crippen LogP contribution in [0.3, 0.4) is 0 Å². The Hall–Kier alpha value is -3.28. The van der Waals surface area contributed by atoms with Crippen LogP contribution in [0, 0.1) is 0 Å². The van der Waals surface area contributed by atoms with Crippen LogP contribution in [0.25, 0.3) is 0 Å². The van der Waals surface area contributed by atoms with E-state index in [1.165, 1.54) is 0 Å². The lowest BCUT2D eigenvalue weighted by Crippen LogP contribution is -2.18. The van der Waals surface area contributed by atoms with E-state index in [4.69, 9.17) is 9.47 Å². The predicted molar refractivity (Wildman–Crippen MR) is 93.3 cm³/mol. The minimum atomic E-state index is -0.236. The molecule has 0 spiro atoms. The fourth-order valence-electron chi connectivity index (χ4n) is 2.65. The number of aromatic nitrogens is 2. The maximum absolute atomic E-state index is 12.4. The van der Waals surface area contributed by atoms with E-state index in [0.29, 0.717) is 29.5 Å². The standard InChI is InChI=1S/C19H17N3O3/c23-18(17-13-20-22-11-4-12-24-19(17)22)21-14-7-9-16(10-8-14)25-15-5-2-1-3-6-15/h1-3,5-10,13H,4,11-12H2,(H,21,23). The van der Waals surface area contributed by atoms with Gasteiger partial charge in [-0.1, -0.05) is 18.2 Å². The molecule has 6 nitrogen and oxygen atoms in total. The summed E-state index contributed by atoms with van der Waals surface area (Å²) in [5.41, 5.74) is 1.13. The fourth-order valence-corrected chi connectivity index (χ4v) is 2.65. The molecule has 1 aromatic heterocycles. The largest absolute Gasteiger partial charge is 0.477 e. The molecule has 1 aliphatic heterocycles. The summed E-state index contributed by atoms with van der Waals surface area (Å²) in [6, 6.07) is 16.8. The van der Waals surface area contributed by atoms with Crippen LogP contribution in [-0.4, -0.2) is 22.3 Å². The number of aryl methyl sites for hydroxylation is 1. The molecule has 0 bridgehead atoms. The van der Waals surface area contributed by atoms with Gasteiger partial charge in [0, 0.05) is 18.7 Å². The van der Waals surface area contributed by atoms with Crippen molar-refractivity contribution in [3.63, 3.8) is 0 Å². The molecule has 0 fully saturated rings. The summed E-state index contributed by atoms with van der Waals surface area (Å²) in [5, 5.41) is 7.05. The van der Waals surface area contributed by atoms with E-state index in [0.717, 1.165) is 18.7 Å². The van der Waals surface area contributed by atoms with Crippen LogP contribution in [0.4, 0.5) is 5.69 Å². The zero-order valence-electron chi connectivity index (χ0n) is 13.5. The zero-order chi connectivity index (χ0) is 17.1. The van der Waals surface area contributed by atoms with Gasteiger partial charge in [-0.3, -0.25) is 4.79 Å². The maximum atomic E-state index is 12.4. The fraction of sp³-hybridized carbons (Fsp3) is 0.158. The van der Waals surface area contributed by atoms with E-state index >= 15 is 0 Å². The van der Waals surface area contributed by atoms with Gasteiger partial charge in [0.15, 0.2) is 0 Å². The molecule has 1 amide bonds. The van der Waals surface area contributed by atoms with Crippen molar-refractivity contribution in [1.82, 2.24) is 9.78 Å². The summed E-state index contributed by atoms with van der Waals surface area (Å²) in [6.07, 6.45) is 2.45. The van der Waals surface area contributed by atoms with Crippen molar-refractivity contribution in [3.05, 3.63) is 66.4 Å². The van der Waals surface area contributed by atoms with Crippen molar-refractivity contribution in [1.29, 1.82) is 0 Å². The zero-order valence-corrected chi connectivity index (χ0v) is 13.5. The third-order valence-electron chi connectivity index (χ3n) is 3.88. The predicted octanol–water partition coefficient (Wildman–Crippen LogP) is 3.71. The van der Waals surface area contributed by atoms with E-state index < -0.39 is 0 Å². The first-order valence-electron chi connectivity index (χ1n) is 8.12. The highest BCUT2D eigenvalue weighted by Gasteiger charge is 2.21. The van der Waals surface area contributed by atoms with Crippen LogP contribution in [0.1, 0.15) is 16.8 Å². The van der Waals surface area contributed by atoms with Gasteiger partial charge >= 0.3 is 0 Å². The van der Waals surface area contributed by atoms with Crippen molar-refractivity contribution in [2.45, 2.75) is 13.0 Å². The van der Waals surface area contributed by atoms with Gasteiger partial charge in [-0.15, -0.1) is 0 Å². The van der Waals surface area contributed by atoms with Crippen LogP contribution in [-0.2, 0) is 6.54 Å². The number of fused-ring (bicyclic) bond motifs is 1. The van der Waals surface area contributed by atoms with Crippen molar-refractivity contribution in [2.75, 3.05) is 11.9 Å². The topological polar surface area (TPSA) is 65.4 Å². The molecule has 0 aliphatic carbocycles. The molecular formula is C19H17N3O3. The van der Waals surface area contributed by atoms with Crippen molar-refractivity contribution in [3.8, 4) is 17.4 Å². The number of benzene rings is 2. The molecule has 2 aromatic carbocycles. The lowest BCUT2D eigenvalue weighted by atomic mass is 10.2. The highest BCUT2D eigenvalue weighted by Crippen LogP contribution is 2.25. The molecular weight excluding hydrogens is 318 g/mol. The van der Waals surface area contributed by atoms with Gasteiger partial charge in [0.05, 0.1) is 12.8 Å². The number of carbonyl (C=O) groups is 1. The van der Waals surface area contributed by atoms with Gasteiger partial charge < -0.3 is 14.8 Å². The third-order valence-corrected chi connectivity index (χ3v) is 3.88. The highest BCUT2D eigenvalue weighted by molar-refractivity contribution is 6.05. The number of hydrogen-bond donors (Lipinski definition) is 1. The van der Waals surface area contributed by atoms with Crippen LogP contribution in [0.15, 0.2) is 60.8 Å². The molecule has 0 saturated heterocycles. The number of para-hydroxylation sites is 1. The van der Waals surface area contributed by atoms with Gasteiger partial charge in [0.1, 0.15) is 17.1 Å². The Morgan fingerprint density at radius 3 is 2.64 bits per heavy atom. The van der Waals surface area contributed by atoms with Gasteiger partial charge in [0.25, 0.3) is 5.91 Å². The number of anilines is 1. The SMILES string of the molecule is O=C(Nc1ccc(Oc2ccccc2)cc1)c1cnn2c1OCCC2. The van der Waals surface area contributed by atoms with Gasteiger partial charge in [-0.05, 0) is 36.4 Å². The first-order valence-corrected chi connectivity index (χ1v) is 8.12. The monoisotopic (exact) mass is 335 g/mol. The molecule has 1 N–H and O–H groups in total. The molecule has 0 radical (unpaired) electrons. The summed E-state index contributed by atoms with van der Waals surface area (Å²) < 4.78 is 13.0. The van der Waals surface area contributed by atoms with E-state index in [-0.39, 0.29) is 5.91 Å². The van der Waals surface area contributed by atoms with Crippen molar-refractivity contribution in [2.24, 2.45) is 0 Å². The minimum absolute atomic E-state index is 0.236. The summed E-state index contributed by atoms with van der Waals surface area (Å²) in [4.78, 5) is 12.4. The number of amides is 1. The van der Waals surface area contributed by atoms with Crippen LogP contribution in [0.5, 0.6) is 17.4 Å². The molecule has 0 saturated carbocycles. The Balaban J connectivity index is 1.44. The normalized spacial score (nSPS) is 12.8. The highest BCUT2D eigenvalue weighted by atomic mass is 16.5. The smallest absolute Gasteiger partial charge is 0.262 e. The number of nitrogens with zero attached hydrogens (tertiary/aromatic N) is 2. The number of rotatable bonds is 4. The molecule has 0 unspecified atom stereocenters. The minimum Gasteiger partial charge on any atom is -0.477 e. The molecule has 4 rings (SSSR count). The van der Waals surface area contributed by atoms with Crippen LogP contribution < -0.4 is 14.8 Å². The molecule has 1 aliphatic rings. The Morgan fingerprint density at radius 2 is 1.84 bits per heavy atom. The second-order valence-corrected chi connectivity index (χ2v) is 5.68. The van der Waals surface area contributed by atoms with Crippen molar-refractivity contribution < 1.29 is 14.3 Å². The van der Waals surface area contributed by atoms with E-state index in [1.807, 2.05) is 42.5 Å². The molecule has 3 aromatic rings. The van der Waals surface area contributed by atoms with E-state index in [1.54, 1.807) is 23.0 Å². The van der Waals surface area contributed by atoms with Crippen LogP contribution >= 0.6 is 0 Å². The number of carbonyl (C=O) groups excluding carboxylic acids is 1. The van der Waals surface area contributed by atoms with E-state index in [9.17, 15) is 4.79 Å². The quantitative estimate of drug-likeness (QED) is 0.789. The van der Waals surface area contributed by atoms with Crippen LogP contribution in [0.2, 0.25) is 0 Å². The lowest BCUT2D eigenvalue weighted by molar-refractivity contribution is 0.102. The third kappa shape index (κ3) is 3.33. The van der Waals surface area contributed by atoms with E-state index in [2.05, 4.69) is 10.4 Å². The number of hydrogen-bond acceptors (Lipinski definition) is 4. The molecule has 2 heterocycles. The Labute approximate surface area is 145 Å². The first kappa shape index (κ1) is 15.3. The first-order chi connectivity index (χ1) is 12.3. The number of nitrogens with one attached hydrogen (secondary N) is 1. The summed E-state index contributed by atoms with van der Waals surface area (Å²) in [6.45, 7) is 1.38. The molecule has 25 heavy (non-hydrogen) atoms. The second kappa shape index (κ2) is 6.68. The summed E-state index contributed by atoms with van der Waals surface area (Å²) >= 11 is 0. The van der Waals surface area contributed by atoms with Gasteiger partial charge in [-0.25, -0.2) is 4.68 Å². The summed E-state index contributed by atoms with van der Waals surface area (Å²) in [5.74, 6) is 1.77. The summed E-state index contributed by atoms with van der Waals surface area (Å²) in [7, 11) is 0. The second-order valence-electron chi connectivity index (χ2n) is 5.68. The average Bonchev–Trinajstić information content (AvgIpc) is 3.08. The maximum Gasteiger partial charge on any atom is 0.262 e. The molecule has 0 atom stereocenters.